The van der Waals surface area contributed by atoms with Gasteiger partial charge in [-0.3, -0.25) is 4.72 Å². The predicted octanol–water partition coefficient (Wildman–Crippen LogP) is 4.22. The van der Waals surface area contributed by atoms with Gasteiger partial charge in [0.05, 0.1) is 4.90 Å². The van der Waals surface area contributed by atoms with Gasteiger partial charge in [-0.1, -0.05) is 54.6 Å². The molecule has 0 fully saturated rings. The average Bonchev–Trinajstić information content (AvgIpc) is 2.68. The standard InChI is InChI=1S/C21H20N2O2S.ClH/c24-26(25,23-19-11-10-18-15-22-13-12-17(18)14-19)21-9-5-4-8-20(21)16-6-2-1-3-7-16;/h1-11,14,22-23H,12-13,15H2;1H. The molecular weight excluding hydrogens is 380 g/mol. The predicted molar refractivity (Wildman–Crippen MR) is 112 cm³/mol. The minimum absolute atomic E-state index is 0. The quantitative estimate of drug-likeness (QED) is 0.689. The third-order valence-electron chi connectivity index (χ3n) is 4.61. The first kappa shape index (κ1) is 19.4. The topological polar surface area (TPSA) is 58.2 Å². The van der Waals surface area contributed by atoms with E-state index in [4.69, 9.17) is 0 Å². The van der Waals surface area contributed by atoms with Gasteiger partial charge in [0.2, 0.25) is 0 Å². The third-order valence-corrected chi connectivity index (χ3v) is 6.05. The summed E-state index contributed by atoms with van der Waals surface area (Å²) in [4.78, 5) is 0.283. The van der Waals surface area contributed by atoms with Crippen molar-refractivity contribution in [1.29, 1.82) is 0 Å². The first-order chi connectivity index (χ1) is 12.6. The van der Waals surface area contributed by atoms with E-state index in [1.807, 2.05) is 60.7 Å². The fourth-order valence-electron chi connectivity index (χ4n) is 3.31. The van der Waals surface area contributed by atoms with Crippen LogP contribution in [0.2, 0.25) is 0 Å². The summed E-state index contributed by atoms with van der Waals surface area (Å²) >= 11 is 0. The fraction of sp³-hybridized carbons (Fsp3) is 0.143. The summed E-state index contributed by atoms with van der Waals surface area (Å²) in [6.07, 6.45) is 0.908. The molecule has 4 rings (SSSR count). The van der Waals surface area contributed by atoms with E-state index in [9.17, 15) is 8.42 Å². The van der Waals surface area contributed by atoms with Gasteiger partial charge < -0.3 is 5.32 Å². The van der Waals surface area contributed by atoms with E-state index in [1.165, 1.54) is 11.1 Å². The van der Waals surface area contributed by atoms with Crippen LogP contribution < -0.4 is 10.0 Å². The molecule has 0 radical (unpaired) electrons. The molecule has 3 aromatic carbocycles. The second-order valence-electron chi connectivity index (χ2n) is 6.38. The Morgan fingerprint density at radius 1 is 0.852 bits per heavy atom. The minimum Gasteiger partial charge on any atom is -0.312 e. The first-order valence-corrected chi connectivity index (χ1v) is 10.1. The van der Waals surface area contributed by atoms with Crippen LogP contribution in [0.4, 0.5) is 5.69 Å². The van der Waals surface area contributed by atoms with Gasteiger partial charge in [0, 0.05) is 17.8 Å². The number of halogens is 1. The normalized spacial score (nSPS) is 13.3. The van der Waals surface area contributed by atoms with Crippen LogP contribution in [0.5, 0.6) is 0 Å². The van der Waals surface area contributed by atoms with Crippen LogP contribution in [0, 0.1) is 0 Å². The van der Waals surface area contributed by atoms with Crippen LogP contribution >= 0.6 is 12.4 Å². The molecule has 0 atom stereocenters. The van der Waals surface area contributed by atoms with Gasteiger partial charge in [-0.25, -0.2) is 8.42 Å². The van der Waals surface area contributed by atoms with E-state index in [2.05, 4.69) is 10.0 Å². The molecule has 0 amide bonds. The zero-order valence-electron chi connectivity index (χ0n) is 14.7. The van der Waals surface area contributed by atoms with E-state index >= 15 is 0 Å². The third kappa shape index (κ3) is 4.16. The Morgan fingerprint density at radius 2 is 1.59 bits per heavy atom. The van der Waals surface area contributed by atoms with Crippen molar-refractivity contribution in [1.82, 2.24) is 5.32 Å². The number of sulfonamides is 1. The summed E-state index contributed by atoms with van der Waals surface area (Å²) in [5, 5.41) is 3.32. The molecule has 0 unspecified atom stereocenters. The van der Waals surface area contributed by atoms with E-state index in [0.29, 0.717) is 11.3 Å². The summed E-state index contributed by atoms with van der Waals surface area (Å²) in [6, 6.07) is 22.4. The molecule has 1 heterocycles. The molecule has 140 valence electrons. The van der Waals surface area contributed by atoms with Crippen molar-refractivity contribution in [2.75, 3.05) is 11.3 Å². The smallest absolute Gasteiger partial charge is 0.262 e. The lowest BCUT2D eigenvalue weighted by molar-refractivity contribution is 0.601. The molecule has 2 N–H and O–H groups in total. The van der Waals surface area contributed by atoms with Crippen molar-refractivity contribution in [2.24, 2.45) is 0 Å². The van der Waals surface area contributed by atoms with Crippen LogP contribution in [-0.4, -0.2) is 15.0 Å². The van der Waals surface area contributed by atoms with Gasteiger partial charge in [-0.05, 0) is 47.9 Å². The number of benzene rings is 3. The molecule has 0 spiro atoms. The van der Waals surface area contributed by atoms with Crippen molar-refractivity contribution in [3.63, 3.8) is 0 Å². The second kappa shape index (κ2) is 8.13. The number of hydrogen-bond acceptors (Lipinski definition) is 3. The highest BCUT2D eigenvalue weighted by Crippen LogP contribution is 2.29. The maximum Gasteiger partial charge on any atom is 0.262 e. The Kier molecular flexibility index (Phi) is 5.85. The van der Waals surface area contributed by atoms with Crippen molar-refractivity contribution >= 4 is 28.1 Å². The van der Waals surface area contributed by atoms with Crippen molar-refractivity contribution in [3.05, 3.63) is 83.9 Å². The molecule has 1 aliphatic heterocycles. The Bertz CT molecular complexity index is 1040. The maximum atomic E-state index is 13.0. The van der Waals surface area contributed by atoms with Crippen molar-refractivity contribution < 1.29 is 8.42 Å². The zero-order valence-corrected chi connectivity index (χ0v) is 16.3. The number of hydrogen-bond donors (Lipinski definition) is 2. The Morgan fingerprint density at radius 3 is 2.41 bits per heavy atom. The van der Waals surface area contributed by atoms with Crippen LogP contribution in [0.15, 0.2) is 77.7 Å². The Hall–Kier alpha value is -2.34. The van der Waals surface area contributed by atoms with Crippen LogP contribution in [0.25, 0.3) is 11.1 Å². The van der Waals surface area contributed by atoms with Gasteiger partial charge in [-0.15, -0.1) is 12.4 Å². The molecule has 1 aliphatic rings. The van der Waals surface area contributed by atoms with Crippen molar-refractivity contribution in [2.45, 2.75) is 17.9 Å². The van der Waals surface area contributed by atoms with E-state index in [-0.39, 0.29) is 17.3 Å². The monoisotopic (exact) mass is 400 g/mol. The lowest BCUT2D eigenvalue weighted by atomic mass is 10.0. The highest BCUT2D eigenvalue weighted by molar-refractivity contribution is 7.92. The number of anilines is 1. The molecule has 4 nitrogen and oxygen atoms in total. The second-order valence-corrected chi connectivity index (χ2v) is 8.03. The van der Waals surface area contributed by atoms with Crippen LogP contribution in [0.3, 0.4) is 0 Å². The van der Waals surface area contributed by atoms with E-state index in [1.54, 1.807) is 12.1 Å². The largest absolute Gasteiger partial charge is 0.312 e. The summed E-state index contributed by atoms with van der Waals surface area (Å²) < 4.78 is 28.8. The number of rotatable bonds is 4. The van der Waals surface area contributed by atoms with Gasteiger partial charge in [0.25, 0.3) is 10.0 Å². The summed E-state index contributed by atoms with van der Waals surface area (Å²) in [6.45, 7) is 1.75. The molecule has 0 saturated heterocycles. The van der Waals surface area contributed by atoms with Gasteiger partial charge in [0.1, 0.15) is 0 Å². The molecule has 0 aliphatic carbocycles. The molecule has 0 bridgehead atoms. The minimum atomic E-state index is -3.68. The first-order valence-electron chi connectivity index (χ1n) is 8.63. The highest BCUT2D eigenvalue weighted by Gasteiger charge is 2.20. The lowest BCUT2D eigenvalue weighted by Gasteiger charge is -2.19. The molecule has 0 aromatic heterocycles. The Labute approximate surface area is 166 Å². The lowest BCUT2D eigenvalue weighted by Crippen LogP contribution is -2.23. The highest BCUT2D eigenvalue weighted by atomic mass is 35.5. The van der Waals surface area contributed by atoms with Gasteiger partial charge >= 0.3 is 0 Å². The molecule has 0 saturated carbocycles. The van der Waals surface area contributed by atoms with Crippen molar-refractivity contribution in [3.8, 4) is 11.1 Å². The molecule has 3 aromatic rings. The zero-order chi connectivity index (χ0) is 18.0. The number of fused-ring (bicyclic) bond motifs is 1. The summed E-state index contributed by atoms with van der Waals surface area (Å²) in [7, 11) is -3.68. The average molecular weight is 401 g/mol. The maximum absolute atomic E-state index is 13.0. The van der Waals surface area contributed by atoms with Crippen LogP contribution in [-0.2, 0) is 23.0 Å². The molecule has 6 heteroatoms. The number of nitrogens with one attached hydrogen (secondary N) is 2. The van der Waals surface area contributed by atoms with Crippen LogP contribution in [0.1, 0.15) is 11.1 Å². The Balaban J connectivity index is 0.00000210. The molecular formula is C21H21ClN2O2S. The summed E-state index contributed by atoms with van der Waals surface area (Å²) in [5.41, 5.74) is 4.60. The summed E-state index contributed by atoms with van der Waals surface area (Å²) in [5.74, 6) is 0. The van der Waals surface area contributed by atoms with Gasteiger partial charge in [0.15, 0.2) is 0 Å². The van der Waals surface area contributed by atoms with E-state index < -0.39 is 10.0 Å². The van der Waals surface area contributed by atoms with Gasteiger partial charge in [-0.2, -0.15) is 0 Å². The SMILES string of the molecule is Cl.O=S(=O)(Nc1ccc2c(c1)CCNC2)c1ccccc1-c1ccccc1. The van der Waals surface area contributed by atoms with E-state index in [0.717, 1.165) is 25.1 Å². The molecule has 27 heavy (non-hydrogen) atoms. The fourth-order valence-corrected chi connectivity index (χ4v) is 4.59.